The molecule has 1 aromatic heterocycles. The third kappa shape index (κ3) is 2.30. The molecule has 0 atom stereocenters. The summed E-state index contributed by atoms with van der Waals surface area (Å²) in [5.41, 5.74) is 8.55. The molecule has 0 saturated carbocycles. The van der Waals surface area contributed by atoms with Crippen molar-refractivity contribution in [2.75, 3.05) is 12.8 Å². The summed E-state index contributed by atoms with van der Waals surface area (Å²) in [5, 5.41) is 7.46. The Morgan fingerprint density at radius 2 is 2.16 bits per heavy atom. The van der Waals surface area contributed by atoms with Crippen molar-refractivity contribution in [2.45, 2.75) is 0 Å². The maximum absolute atomic E-state index is 11.8. The molecule has 0 aliphatic carbocycles. The van der Waals surface area contributed by atoms with Crippen molar-refractivity contribution < 1.29 is 9.53 Å². The number of nitrogens with one attached hydrogen (secondary N) is 1. The monoisotopic (exact) mass is 255 g/mol. The van der Waals surface area contributed by atoms with E-state index in [2.05, 4.69) is 4.98 Å². The number of methoxy groups -OCH3 is 1. The average Bonchev–Trinajstić information content (AvgIpc) is 2.46. The molecule has 2 rings (SSSR count). The van der Waals surface area contributed by atoms with Gasteiger partial charge < -0.3 is 15.9 Å². The van der Waals surface area contributed by atoms with Crippen LogP contribution in [0.3, 0.4) is 0 Å². The molecule has 1 heterocycles. The second kappa shape index (κ2) is 5.30. The molecule has 5 nitrogen and oxygen atoms in total. The van der Waals surface area contributed by atoms with E-state index >= 15 is 0 Å². The molecule has 0 bridgehead atoms. The molecule has 0 aliphatic heterocycles. The minimum atomic E-state index is -0.448. The Labute approximate surface area is 110 Å². The van der Waals surface area contributed by atoms with E-state index in [4.69, 9.17) is 15.9 Å². The molecule has 0 radical (unpaired) electrons. The molecule has 1 aromatic carbocycles. The second-order valence-electron chi connectivity index (χ2n) is 3.87. The van der Waals surface area contributed by atoms with E-state index in [0.717, 1.165) is 0 Å². The molecule has 0 unspecified atom stereocenters. The van der Waals surface area contributed by atoms with Gasteiger partial charge in [0.2, 0.25) is 0 Å². The predicted octanol–water partition coefficient (Wildman–Crippen LogP) is 2.12. The van der Waals surface area contributed by atoms with Gasteiger partial charge in [0.25, 0.3) is 0 Å². The van der Waals surface area contributed by atoms with Gasteiger partial charge in [-0.2, -0.15) is 0 Å². The fourth-order valence-corrected chi connectivity index (χ4v) is 1.88. The number of carbonyl (C=O) groups is 1. The van der Waals surface area contributed by atoms with Crippen molar-refractivity contribution in [2.24, 2.45) is 0 Å². The first-order valence-corrected chi connectivity index (χ1v) is 5.60. The third-order valence-electron chi connectivity index (χ3n) is 2.80. The van der Waals surface area contributed by atoms with Crippen molar-refractivity contribution in [1.82, 2.24) is 4.98 Å². The van der Waals surface area contributed by atoms with Crippen LogP contribution in [0.5, 0.6) is 0 Å². The first-order valence-electron chi connectivity index (χ1n) is 5.60. The summed E-state index contributed by atoms with van der Waals surface area (Å²) in [6.45, 7) is 0. The van der Waals surface area contributed by atoms with Gasteiger partial charge in [0.1, 0.15) is 0 Å². The maximum Gasteiger partial charge on any atom is 0.338 e. The highest BCUT2D eigenvalue weighted by atomic mass is 16.5. The largest absolute Gasteiger partial charge is 0.465 e. The number of rotatable bonds is 3. The van der Waals surface area contributed by atoms with E-state index in [1.807, 2.05) is 0 Å². The van der Waals surface area contributed by atoms with Crippen LogP contribution < -0.4 is 5.73 Å². The minimum absolute atomic E-state index is 0.395. The van der Waals surface area contributed by atoms with Crippen molar-refractivity contribution in [3.63, 3.8) is 0 Å². The standard InChI is InChI=1S/C14H13N3O2/c1-19-14(18)10-5-6-17-8-12(10)9-3-2-4-13(16)11(9)7-15/h2-8,15H,16H2,1H3. The number of anilines is 1. The van der Waals surface area contributed by atoms with Crippen LogP contribution >= 0.6 is 0 Å². The molecule has 0 fully saturated rings. The summed E-state index contributed by atoms with van der Waals surface area (Å²) in [7, 11) is 1.32. The summed E-state index contributed by atoms with van der Waals surface area (Å²) in [5.74, 6) is -0.448. The molecular weight excluding hydrogens is 242 g/mol. The fraction of sp³-hybridized carbons (Fsp3) is 0.0714. The predicted molar refractivity (Wildman–Crippen MR) is 73.3 cm³/mol. The lowest BCUT2D eigenvalue weighted by Gasteiger charge is -2.11. The van der Waals surface area contributed by atoms with Gasteiger partial charge in [0, 0.05) is 35.4 Å². The Balaban J connectivity index is 2.69. The summed E-state index contributed by atoms with van der Waals surface area (Å²) in [6.07, 6.45) is 4.25. The smallest absolute Gasteiger partial charge is 0.338 e. The van der Waals surface area contributed by atoms with Crippen LogP contribution in [0.2, 0.25) is 0 Å². The molecular formula is C14H13N3O2. The molecule has 5 heteroatoms. The van der Waals surface area contributed by atoms with Crippen LogP contribution in [0.25, 0.3) is 11.1 Å². The van der Waals surface area contributed by atoms with Crippen molar-refractivity contribution in [1.29, 1.82) is 5.41 Å². The highest BCUT2D eigenvalue weighted by Crippen LogP contribution is 2.29. The number of hydrogen-bond donors (Lipinski definition) is 2. The van der Waals surface area contributed by atoms with Gasteiger partial charge in [0.05, 0.1) is 12.7 Å². The highest BCUT2D eigenvalue weighted by Gasteiger charge is 2.15. The first-order chi connectivity index (χ1) is 9.19. The number of benzene rings is 1. The zero-order chi connectivity index (χ0) is 13.8. The van der Waals surface area contributed by atoms with Gasteiger partial charge in [-0.15, -0.1) is 0 Å². The lowest BCUT2D eigenvalue weighted by Crippen LogP contribution is -2.05. The van der Waals surface area contributed by atoms with E-state index in [-0.39, 0.29) is 0 Å². The zero-order valence-electron chi connectivity index (χ0n) is 10.4. The number of aromatic nitrogens is 1. The van der Waals surface area contributed by atoms with Gasteiger partial charge >= 0.3 is 5.97 Å². The normalized spacial score (nSPS) is 9.95. The van der Waals surface area contributed by atoms with E-state index in [9.17, 15) is 4.79 Å². The number of ether oxygens (including phenoxy) is 1. The van der Waals surface area contributed by atoms with Crippen molar-refractivity contribution in [3.05, 3.63) is 47.8 Å². The van der Waals surface area contributed by atoms with Crippen LogP contribution in [-0.4, -0.2) is 24.3 Å². The van der Waals surface area contributed by atoms with Gasteiger partial charge in [-0.25, -0.2) is 4.79 Å². The Morgan fingerprint density at radius 3 is 2.84 bits per heavy atom. The van der Waals surface area contributed by atoms with Gasteiger partial charge in [0.15, 0.2) is 0 Å². The lowest BCUT2D eigenvalue weighted by molar-refractivity contribution is 0.0601. The Hall–Kier alpha value is -2.69. The van der Waals surface area contributed by atoms with Crippen LogP contribution in [0.4, 0.5) is 5.69 Å². The van der Waals surface area contributed by atoms with E-state index in [0.29, 0.717) is 27.9 Å². The lowest BCUT2D eigenvalue weighted by atomic mass is 9.96. The number of nitrogens with zero attached hydrogens (tertiary/aromatic N) is 1. The molecule has 19 heavy (non-hydrogen) atoms. The molecule has 0 spiro atoms. The number of hydrogen-bond acceptors (Lipinski definition) is 5. The number of carbonyl (C=O) groups excluding carboxylic acids is 1. The Bertz CT molecular complexity index is 638. The summed E-state index contributed by atoms with van der Waals surface area (Å²) in [6, 6.07) is 6.85. The van der Waals surface area contributed by atoms with Crippen molar-refractivity contribution in [3.8, 4) is 11.1 Å². The highest BCUT2D eigenvalue weighted by molar-refractivity contribution is 6.02. The topological polar surface area (TPSA) is 89.1 Å². The zero-order valence-corrected chi connectivity index (χ0v) is 10.4. The minimum Gasteiger partial charge on any atom is -0.465 e. The van der Waals surface area contributed by atoms with Crippen molar-refractivity contribution >= 4 is 17.9 Å². The van der Waals surface area contributed by atoms with Gasteiger partial charge in [-0.1, -0.05) is 12.1 Å². The first kappa shape index (κ1) is 12.8. The molecule has 0 saturated heterocycles. The quantitative estimate of drug-likeness (QED) is 0.499. The maximum atomic E-state index is 11.8. The number of nitrogen functional groups attached to an aromatic ring is 1. The summed E-state index contributed by atoms with van der Waals surface area (Å²) >= 11 is 0. The van der Waals surface area contributed by atoms with E-state index in [1.165, 1.54) is 19.5 Å². The molecule has 0 amide bonds. The molecule has 96 valence electrons. The average molecular weight is 255 g/mol. The van der Waals surface area contributed by atoms with Gasteiger partial charge in [-0.05, 0) is 17.7 Å². The molecule has 0 aliphatic rings. The number of esters is 1. The van der Waals surface area contributed by atoms with E-state index < -0.39 is 5.97 Å². The van der Waals surface area contributed by atoms with E-state index in [1.54, 1.807) is 30.5 Å². The Morgan fingerprint density at radius 1 is 1.37 bits per heavy atom. The SMILES string of the molecule is COC(=O)c1ccncc1-c1cccc(N)c1C=N. The summed E-state index contributed by atoms with van der Waals surface area (Å²) < 4.78 is 4.75. The second-order valence-corrected chi connectivity index (χ2v) is 3.87. The fourth-order valence-electron chi connectivity index (χ4n) is 1.88. The van der Waals surface area contributed by atoms with Crippen LogP contribution in [0.1, 0.15) is 15.9 Å². The summed E-state index contributed by atoms with van der Waals surface area (Å²) in [4.78, 5) is 15.8. The number of pyridine rings is 1. The number of nitrogens with two attached hydrogens (primary N) is 1. The van der Waals surface area contributed by atoms with Crippen LogP contribution in [0.15, 0.2) is 36.7 Å². The van der Waals surface area contributed by atoms with Crippen LogP contribution in [-0.2, 0) is 4.74 Å². The molecule has 2 aromatic rings. The van der Waals surface area contributed by atoms with Crippen LogP contribution in [0, 0.1) is 5.41 Å². The third-order valence-corrected chi connectivity index (χ3v) is 2.80. The Kier molecular flexibility index (Phi) is 3.56. The molecule has 3 N–H and O–H groups in total. The van der Waals surface area contributed by atoms with Gasteiger partial charge in [-0.3, -0.25) is 4.98 Å².